The van der Waals surface area contributed by atoms with Gasteiger partial charge in [-0.1, -0.05) is 6.07 Å². The fourth-order valence-corrected chi connectivity index (χ4v) is 4.65. The summed E-state index contributed by atoms with van der Waals surface area (Å²) in [7, 11) is 0. The zero-order chi connectivity index (χ0) is 24.1. The van der Waals surface area contributed by atoms with Crippen LogP contribution in [0, 0.1) is 5.82 Å². The number of piperazine rings is 1. The van der Waals surface area contributed by atoms with Crippen molar-refractivity contribution < 1.29 is 9.18 Å². The number of nitrogens with two attached hydrogens (primary N) is 1. The number of hydrogen-bond donors (Lipinski definition) is 4. The summed E-state index contributed by atoms with van der Waals surface area (Å²) in [6, 6.07) is 6.88. The van der Waals surface area contributed by atoms with Crippen molar-refractivity contribution in [3.63, 3.8) is 0 Å². The molecule has 34 heavy (non-hydrogen) atoms. The Labute approximate surface area is 198 Å². The highest BCUT2D eigenvalue weighted by Crippen LogP contribution is 2.19. The summed E-state index contributed by atoms with van der Waals surface area (Å²) in [5, 5.41) is 9.42. The summed E-state index contributed by atoms with van der Waals surface area (Å²) in [4.78, 5) is 30.5. The Balaban J connectivity index is 1.38. The number of aromatic nitrogens is 2. The summed E-state index contributed by atoms with van der Waals surface area (Å²) < 4.78 is 16.1. The zero-order valence-corrected chi connectivity index (χ0v) is 19.6. The van der Waals surface area contributed by atoms with Gasteiger partial charge in [0.1, 0.15) is 11.6 Å². The van der Waals surface area contributed by atoms with E-state index in [2.05, 4.69) is 27.9 Å². The minimum absolute atomic E-state index is 0.127. The van der Waals surface area contributed by atoms with Crippen LogP contribution in [0.4, 0.5) is 15.0 Å². The van der Waals surface area contributed by atoms with Gasteiger partial charge in [-0.15, -0.1) is 0 Å². The molecule has 1 aromatic heterocycles. The molecule has 5 N–H and O–H groups in total. The third-order valence-corrected chi connectivity index (χ3v) is 6.58. The van der Waals surface area contributed by atoms with Crippen molar-refractivity contribution in [2.45, 2.75) is 57.2 Å². The lowest BCUT2D eigenvalue weighted by Gasteiger charge is -2.29. The molecule has 0 radical (unpaired) electrons. The molecule has 1 aromatic carbocycles. The molecule has 9 nitrogen and oxygen atoms in total. The quantitative estimate of drug-likeness (QED) is 0.509. The van der Waals surface area contributed by atoms with Gasteiger partial charge in [-0.05, 0) is 62.8 Å². The Morgan fingerprint density at radius 3 is 2.65 bits per heavy atom. The van der Waals surface area contributed by atoms with Gasteiger partial charge in [0.2, 0.25) is 0 Å². The highest BCUT2D eigenvalue weighted by atomic mass is 19.1. The van der Waals surface area contributed by atoms with E-state index in [0.717, 1.165) is 38.8 Å². The first-order valence-electron chi connectivity index (χ1n) is 12.1. The van der Waals surface area contributed by atoms with Crippen LogP contribution >= 0.6 is 0 Å². The van der Waals surface area contributed by atoms with Gasteiger partial charge in [-0.2, -0.15) is 4.98 Å². The molecule has 0 spiro atoms. The molecule has 0 bridgehead atoms. The van der Waals surface area contributed by atoms with E-state index in [1.54, 1.807) is 17.0 Å². The molecule has 1 aliphatic carbocycles. The molecule has 2 aromatic rings. The van der Waals surface area contributed by atoms with E-state index in [4.69, 9.17) is 5.73 Å². The van der Waals surface area contributed by atoms with Crippen LogP contribution in [0.15, 0.2) is 35.3 Å². The monoisotopic (exact) mass is 471 g/mol. The Morgan fingerprint density at radius 2 is 1.97 bits per heavy atom. The van der Waals surface area contributed by atoms with Crippen molar-refractivity contribution in [3.8, 4) is 5.69 Å². The first-order valence-corrected chi connectivity index (χ1v) is 12.1. The molecule has 184 valence electrons. The lowest BCUT2D eigenvalue weighted by atomic mass is 9.91. The normalized spacial score (nSPS) is 21.8. The summed E-state index contributed by atoms with van der Waals surface area (Å²) in [5.41, 5.74) is 6.37. The van der Waals surface area contributed by atoms with Crippen LogP contribution in [-0.4, -0.2) is 64.8 Å². The van der Waals surface area contributed by atoms with Gasteiger partial charge in [0.05, 0.1) is 5.69 Å². The molecular weight excluding hydrogens is 437 g/mol. The van der Waals surface area contributed by atoms with Crippen molar-refractivity contribution in [2.24, 2.45) is 5.73 Å². The lowest BCUT2D eigenvalue weighted by Crippen LogP contribution is -2.48. The van der Waals surface area contributed by atoms with Gasteiger partial charge in [0, 0.05) is 50.5 Å². The standard InChI is InChI=1S/C24H34FN7O2/c1-16(28-19-5-3-18(26)4-6-19)14-17-2-7-20(15-21(17)25)32-11-8-22(30-24(32)34)29-23(33)31-12-9-27-10-13-31/h2,7-8,11,15-16,18-19,27-28H,3-6,9-10,12-14,26H2,1H3,(H,29,30,33,34). The highest BCUT2D eigenvalue weighted by Gasteiger charge is 2.21. The molecule has 1 aliphatic heterocycles. The van der Waals surface area contributed by atoms with Gasteiger partial charge in [0.15, 0.2) is 0 Å². The maximum atomic E-state index is 14.9. The molecule has 2 aliphatic rings. The minimum Gasteiger partial charge on any atom is -0.328 e. The maximum Gasteiger partial charge on any atom is 0.354 e. The average molecular weight is 472 g/mol. The molecule has 1 saturated heterocycles. The van der Waals surface area contributed by atoms with Crippen LogP contribution in [0.5, 0.6) is 0 Å². The number of halogens is 1. The van der Waals surface area contributed by atoms with Crippen molar-refractivity contribution in [1.29, 1.82) is 0 Å². The number of nitrogens with zero attached hydrogens (tertiary/aromatic N) is 3. The van der Waals surface area contributed by atoms with Crippen LogP contribution in [0.2, 0.25) is 0 Å². The topological polar surface area (TPSA) is 117 Å². The minimum atomic E-state index is -0.587. The number of nitrogens with one attached hydrogen (secondary N) is 3. The van der Waals surface area contributed by atoms with E-state index in [1.807, 2.05) is 0 Å². The first-order chi connectivity index (χ1) is 16.4. The van der Waals surface area contributed by atoms with Crippen molar-refractivity contribution in [1.82, 2.24) is 25.1 Å². The summed E-state index contributed by atoms with van der Waals surface area (Å²) in [6.07, 6.45) is 6.19. The fourth-order valence-electron chi connectivity index (χ4n) is 4.65. The number of rotatable bonds is 6. The molecule has 2 heterocycles. The third-order valence-electron chi connectivity index (χ3n) is 6.58. The molecule has 2 amide bonds. The molecule has 10 heteroatoms. The molecular formula is C24H34FN7O2. The molecule has 1 saturated carbocycles. The predicted molar refractivity (Wildman–Crippen MR) is 130 cm³/mol. The van der Waals surface area contributed by atoms with Crippen LogP contribution in [-0.2, 0) is 6.42 Å². The van der Waals surface area contributed by atoms with Crippen LogP contribution in [0.1, 0.15) is 38.2 Å². The Morgan fingerprint density at radius 1 is 1.24 bits per heavy atom. The molecule has 4 rings (SSSR count). The van der Waals surface area contributed by atoms with E-state index >= 15 is 0 Å². The number of anilines is 1. The van der Waals surface area contributed by atoms with Crippen LogP contribution < -0.4 is 27.4 Å². The number of urea groups is 1. The number of carbonyl (C=O) groups excluding carboxylic acids is 1. The second-order valence-corrected chi connectivity index (χ2v) is 9.29. The summed E-state index contributed by atoms with van der Waals surface area (Å²) in [5.74, 6) is -0.190. The SMILES string of the molecule is CC(Cc1ccc(-n2ccc(NC(=O)N3CCNCC3)nc2=O)cc1F)NC1CCC(N)CC1. The van der Waals surface area contributed by atoms with E-state index < -0.39 is 5.69 Å². The number of benzene rings is 1. The van der Waals surface area contributed by atoms with Crippen LogP contribution in [0.25, 0.3) is 5.69 Å². The average Bonchev–Trinajstić information content (AvgIpc) is 2.82. The van der Waals surface area contributed by atoms with Gasteiger partial charge >= 0.3 is 11.7 Å². The largest absolute Gasteiger partial charge is 0.354 e. The van der Waals surface area contributed by atoms with Gasteiger partial charge < -0.3 is 21.3 Å². The zero-order valence-electron chi connectivity index (χ0n) is 19.6. The van der Waals surface area contributed by atoms with E-state index in [9.17, 15) is 14.0 Å². The van der Waals surface area contributed by atoms with Crippen molar-refractivity contribution in [2.75, 3.05) is 31.5 Å². The van der Waals surface area contributed by atoms with Crippen LogP contribution in [0.3, 0.4) is 0 Å². The van der Waals surface area contributed by atoms with Gasteiger partial charge in [-0.25, -0.2) is 14.0 Å². The number of amides is 2. The summed E-state index contributed by atoms with van der Waals surface area (Å²) >= 11 is 0. The van der Waals surface area contributed by atoms with Gasteiger partial charge in [0.25, 0.3) is 0 Å². The molecule has 1 unspecified atom stereocenters. The van der Waals surface area contributed by atoms with E-state index in [-0.39, 0.29) is 23.7 Å². The Bertz CT molecular complexity index is 1050. The van der Waals surface area contributed by atoms with Gasteiger partial charge in [-0.3, -0.25) is 9.88 Å². The number of carbonyl (C=O) groups is 1. The predicted octanol–water partition coefficient (Wildman–Crippen LogP) is 1.60. The van der Waals surface area contributed by atoms with Crippen molar-refractivity contribution >= 4 is 11.8 Å². The summed E-state index contributed by atoms with van der Waals surface area (Å²) in [6.45, 7) is 4.71. The smallest absolute Gasteiger partial charge is 0.328 e. The fraction of sp³-hybridized carbons (Fsp3) is 0.542. The second-order valence-electron chi connectivity index (χ2n) is 9.29. The van der Waals surface area contributed by atoms with E-state index in [0.29, 0.717) is 42.8 Å². The van der Waals surface area contributed by atoms with E-state index in [1.165, 1.54) is 22.9 Å². The number of hydrogen-bond acceptors (Lipinski definition) is 6. The highest BCUT2D eigenvalue weighted by molar-refractivity contribution is 5.88. The Hall–Kier alpha value is -2.82. The lowest BCUT2D eigenvalue weighted by molar-refractivity contribution is 0.204. The Kier molecular flexibility index (Phi) is 7.91. The molecule has 1 atom stereocenters. The molecule has 2 fully saturated rings. The maximum absolute atomic E-state index is 14.9. The van der Waals surface area contributed by atoms with Crippen molar-refractivity contribution in [3.05, 3.63) is 52.3 Å². The first kappa shape index (κ1) is 24.3. The third kappa shape index (κ3) is 6.19. The second kappa shape index (κ2) is 11.1.